The lowest BCUT2D eigenvalue weighted by Crippen LogP contribution is -2.54. The largest absolute Gasteiger partial charge is 0.353 e. The third-order valence-electron chi connectivity index (χ3n) is 4.16. The Morgan fingerprint density at radius 1 is 1.12 bits per heavy atom. The number of aliphatic imine (C=N–C) groups is 1. The molecule has 24 heavy (non-hydrogen) atoms. The summed E-state index contributed by atoms with van der Waals surface area (Å²) in [4.78, 5) is 34.0. The Hall–Kier alpha value is -1.06. The molecule has 2 amide bonds. The first-order valence-electron chi connectivity index (χ1n) is 8.43. The van der Waals surface area contributed by atoms with E-state index in [9.17, 15) is 9.59 Å². The molecule has 2 rings (SSSR count). The molecule has 0 spiro atoms. The molecule has 0 aromatic rings. The van der Waals surface area contributed by atoms with E-state index in [1.165, 1.54) is 0 Å². The number of carbonyl (C=O) groups excluding carboxylic acids is 2. The normalized spacial score (nSPS) is 18.3. The maximum Gasteiger partial charge on any atom is 0.243 e. The lowest BCUT2D eigenvalue weighted by molar-refractivity contribution is -0.135. The number of halogens is 1. The van der Waals surface area contributed by atoms with Crippen molar-refractivity contribution in [1.82, 2.24) is 20.0 Å². The van der Waals surface area contributed by atoms with Crippen LogP contribution in [0, 0.1) is 5.92 Å². The molecule has 7 nitrogen and oxygen atoms in total. The molecule has 8 heteroatoms. The van der Waals surface area contributed by atoms with Crippen LogP contribution < -0.4 is 5.32 Å². The van der Waals surface area contributed by atoms with Gasteiger partial charge >= 0.3 is 0 Å². The van der Waals surface area contributed by atoms with Gasteiger partial charge in [-0.1, -0.05) is 13.8 Å². The predicted octanol–water partition coefficient (Wildman–Crippen LogP) is 0.601. The minimum atomic E-state index is -0.00582. The molecular weight excluding hydrogens is 421 g/mol. The molecule has 2 fully saturated rings. The average Bonchev–Trinajstić information content (AvgIpc) is 3.34. The summed E-state index contributed by atoms with van der Waals surface area (Å²) < 4.78 is 0. The Bertz CT molecular complexity index is 469. The van der Waals surface area contributed by atoms with Gasteiger partial charge in [0.2, 0.25) is 11.8 Å². The molecule has 138 valence electrons. The number of nitrogens with one attached hydrogen (secondary N) is 1. The van der Waals surface area contributed by atoms with E-state index in [1.807, 2.05) is 18.7 Å². The summed E-state index contributed by atoms with van der Waals surface area (Å²) in [5, 5.41) is 3.42. The van der Waals surface area contributed by atoms with Crippen molar-refractivity contribution in [1.29, 1.82) is 0 Å². The first-order valence-corrected chi connectivity index (χ1v) is 8.43. The van der Waals surface area contributed by atoms with Gasteiger partial charge in [0.1, 0.15) is 6.54 Å². The summed E-state index contributed by atoms with van der Waals surface area (Å²) in [5.74, 6) is 1.05. The summed E-state index contributed by atoms with van der Waals surface area (Å²) in [5.41, 5.74) is 0. The van der Waals surface area contributed by atoms with E-state index >= 15 is 0 Å². The number of rotatable bonds is 4. The van der Waals surface area contributed by atoms with E-state index in [4.69, 9.17) is 0 Å². The van der Waals surface area contributed by atoms with Gasteiger partial charge in [0.15, 0.2) is 5.96 Å². The first kappa shape index (κ1) is 21.0. The average molecular weight is 451 g/mol. The van der Waals surface area contributed by atoms with Gasteiger partial charge < -0.3 is 20.0 Å². The van der Waals surface area contributed by atoms with E-state index in [1.54, 1.807) is 19.0 Å². The van der Waals surface area contributed by atoms with Crippen LogP contribution in [0.4, 0.5) is 0 Å². The maximum absolute atomic E-state index is 12.1. The summed E-state index contributed by atoms with van der Waals surface area (Å²) in [6.45, 7) is 6.97. The zero-order chi connectivity index (χ0) is 17.0. The number of carbonyl (C=O) groups is 2. The summed E-state index contributed by atoms with van der Waals surface area (Å²) in [6, 6.07) is 0.485. The van der Waals surface area contributed by atoms with Gasteiger partial charge in [0.05, 0.1) is 0 Å². The highest BCUT2D eigenvalue weighted by atomic mass is 127. The SMILES string of the molecule is CC(C)C(=O)N1CCN(C(=NCC(=O)N(C)C)NC2CC2)CC1.I. The molecule has 1 saturated carbocycles. The molecule has 0 aromatic carbocycles. The van der Waals surface area contributed by atoms with Crippen LogP contribution in [0.15, 0.2) is 4.99 Å². The van der Waals surface area contributed by atoms with Crippen LogP contribution in [-0.2, 0) is 9.59 Å². The van der Waals surface area contributed by atoms with Crippen molar-refractivity contribution in [2.45, 2.75) is 32.7 Å². The van der Waals surface area contributed by atoms with E-state index in [0.717, 1.165) is 31.9 Å². The Kier molecular flexibility index (Phi) is 8.24. The monoisotopic (exact) mass is 451 g/mol. The number of amides is 2. The fourth-order valence-electron chi connectivity index (χ4n) is 2.43. The molecular formula is C16H30IN5O2. The molecule has 1 saturated heterocycles. The van der Waals surface area contributed by atoms with Crippen molar-refractivity contribution < 1.29 is 9.59 Å². The van der Waals surface area contributed by atoms with Crippen molar-refractivity contribution in [3.63, 3.8) is 0 Å². The lowest BCUT2D eigenvalue weighted by atomic mass is 10.1. The quantitative estimate of drug-likeness (QED) is 0.386. The van der Waals surface area contributed by atoms with E-state index < -0.39 is 0 Å². The molecule has 1 heterocycles. The minimum Gasteiger partial charge on any atom is -0.353 e. The van der Waals surface area contributed by atoms with Crippen LogP contribution in [0.3, 0.4) is 0 Å². The van der Waals surface area contributed by atoms with Gasteiger partial charge in [-0.2, -0.15) is 0 Å². The van der Waals surface area contributed by atoms with Crippen molar-refractivity contribution in [3.05, 3.63) is 0 Å². The molecule has 0 bridgehead atoms. The maximum atomic E-state index is 12.1. The van der Waals surface area contributed by atoms with Gasteiger partial charge in [-0.15, -0.1) is 24.0 Å². The van der Waals surface area contributed by atoms with Crippen molar-refractivity contribution in [3.8, 4) is 0 Å². The molecule has 2 aliphatic rings. The number of piperazine rings is 1. The fraction of sp³-hybridized carbons (Fsp3) is 0.812. The minimum absolute atomic E-state index is 0. The van der Waals surface area contributed by atoms with Crippen LogP contribution in [-0.4, -0.2) is 85.3 Å². The number of guanidine groups is 1. The van der Waals surface area contributed by atoms with Crippen LogP contribution in [0.25, 0.3) is 0 Å². The zero-order valence-corrected chi connectivity index (χ0v) is 17.4. The first-order chi connectivity index (χ1) is 10.9. The van der Waals surface area contributed by atoms with Gasteiger partial charge in [-0.25, -0.2) is 4.99 Å². The lowest BCUT2D eigenvalue weighted by Gasteiger charge is -2.37. The highest BCUT2D eigenvalue weighted by molar-refractivity contribution is 14.0. The van der Waals surface area contributed by atoms with Crippen LogP contribution in [0.2, 0.25) is 0 Å². The fourth-order valence-corrected chi connectivity index (χ4v) is 2.43. The van der Waals surface area contributed by atoms with Crippen molar-refractivity contribution in [2.24, 2.45) is 10.9 Å². The second-order valence-corrected chi connectivity index (χ2v) is 6.81. The molecule has 1 aliphatic heterocycles. The van der Waals surface area contributed by atoms with Crippen molar-refractivity contribution >= 4 is 41.8 Å². The highest BCUT2D eigenvalue weighted by Gasteiger charge is 2.28. The van der Waals surface area contributed by atoms with E-state index in [-0.39, 0.29) is 48.3 Å². The Balaban J connectivity index is 0.00000288. The summed E-state index contributed by atoms with van der Waals surface area (Å²) in [7, 11) is 3.48. The smallest absolute Gasteiger partial charge is 0.243 e. The van der Waals surface area contributed by atoms with Gasteiger partial charge in [0, 0.05) is 52.2 Å². The molecule has 0 aromatic heterocycles. The van der Waals surface area contributed by atoms with E-state index in [0.29, 0.717) is 19.1 Å². The Morgan fingerprint density at radius 2 is 1.67 bits per heavy atom. The number of hydrogen-bond donors (Lipinski definition) is 1. The highest BCUT2D eigenvalue weighted by Crippen LogP contribution is 2.19. The number of hydrogen-bond acceptors (Lipinski definition) is 3. The zero-order valence-electron chi connectivity index (χ0n) is 15.1. The summed E-state index contributed by atoms with van der Waals surface area (Å²) >= 11 is 0. The second kappa shape index (κ2) is 9.43. The molecule has 0 unspecified atom stereocenters. The Morgan fingerprint density at radius 3 is 2.12 bits per heavy atom. The second-order valence-electron chi connectivity index (χ2n) is 6.81. The van der Waals surface area contributed by atoms with Gasteiger partial charge in [-0.05, 0) is 12.8 Å². The standard InChI is InChI=1S/C16H29N5O2.HI/c1-12(2)15(23)20-7-9-21(10-8-20)16(18-13-5-6-13)17-11-14(22)19(3)4;/h12-13H,5-11H2,1-4H3,(H,17,18);1H. The van der Waals surface area contributed by atoms with Gasteiger partial charge in [0.25, 0.3) is 0 Å². The van der Waals surface area contributed by atoms with Crippen molar-refractivity contribution in [2.75, 3.05) is 46.8 Å². The van der Waals surface area contributed by atoms with Crippen LogP contribution >= 0.6 is 24.0 Å². The third kappa shape index (κ3) is 6.10. The Labute approximate surface area is 161 Å². The van der Waals surface area contributed by atoms with E-state index in [2.05, 4.69) is 15.2 Å². The van der Waals surface area contributed by atoms with Crippen LogP contribution in [0.1, 0.15) is 26.7 Å². The molecule has 0 atom stereocenters. The van der Waals surface area contributed by atoms with Gasteiger partial charge in [-0.3, -0.25) is 9.59 Å². The number of likely N-dealkylation sites (N-methyl/N-ethyl adjacent to an activating group) is 1. The summed E-state index contributed by atoms with van der Waals surface area (Å²) in [6.07, 6.45) is 2.32. The van der Waals surface area contributed by atoms with Crippen LogP contribution in [0.5, 0.6) is 0 Å². The molecule has 1 aliphatic carbocycles. The third-order valence-corrected chi connectivity index (χ3v) is 4.16. The topological polar surface area (TPSA) is 68.2 Å². The molecule has 0 radical (unpaired) electrons. The number of nitrogens with zero attached hydrogens (tertiary/aromatic N) is 4. The molecule has 1 N–H and O–H groups in total. The predicted molar refractivity (Wildman–Crippen MR) is 106 cm³/mol.